The van der Waals surface area contributed by atoms with Crippen LogP contribution >= 0.6 is 11.6 Å². The molecule has 4 heteroatoms. The number of benzene rings is 2. The molecule has 0 heterocycles. The highest BCUT2D eigenvalue weighted by molar-refractivity contribution is 6.32. The Bertz CT molecular complexity index is 687. The van der Waals surface area contributed by atoms with Crippen LogP contribution in [0.4, 0.5) is 0 Å². The number of rotatable bonds is 6. The third-order valence-corrected chi connectivity index (χ3v) is 4.64. The van der Waals surface area contributed by atoms with E-state index in [0.717, 1.165) is 28.1 Å². The van der Waals surface area contributed by atoms with Crippen LogP contribution < -0.4 is 10.1 Å². The Labute approximate surface area is 149 Å². The summed E-state index contributed by atoms with van der Waals surface area (Å²) < 4.78 is 5.59. The lowest BCUT2D eigenvalue weighted by atomic mass is 10.1. The van der Waals surface area contributed by atoms with Gasteiger partial charge in [-0.1, -0.05) is 42.8 Å². The Morgan fingerprint density at radius 2 is 1.75 bits per heavy atom. The number of ether oxygens (including phenoxy) is 1. The Kier molecular flexibility index (Phi) is 6.27. The number of carbonyl (C=O) groups excluding carboxylic acids is 1. The molecular weight excluding hydrogens is 322 g/mol. The molecule has 0 aliphatic heterocycles. The number of hydrogen-bond acceptors (Lipinski definition) is 2. The number of amides is 1. The van der Waals surface area contributed by atoms with Gasteiger partial charge >= 0.3 is 0 Å². The smallest absolute Gasteiger partial charge is 0.258 e. The van der Waals surface area contributed by atoms with Gasteiger partial charge in [-0.2, -0.15) is 0 Å². The van der Waals surface area contributed by atoms with Gasteiger partial charge in [-0.25, -0.2) is 0 Å². The van der Waals surface area contributed by atoms with E-state index in [1.807, 2.05) is 32.9 Å². The van der Waals surface area contributed by atoms with Crippen molar-refractivity contribution in [3.8, 4) is 5.75 Å². The second kappa shape index (κ2) is 8.20. The fourth-order valence-electron chi connectivity index (χ4n) is 2.55. The summed E-state index contributed by atoms with van der Waals surface area (Å²) in [7, 11) is 0. The van der Waals surface area contributed by atoms with Crippen molar-refractivity contribution in [2.75, 3.05) is 6.61 Å². The van der Waals surface area contributed by atoms with Crippen LogP contribution in [0.3, 0.4) is 0 Å². The zero-order valence-electron chi connectivity index (χ0n) is 14.7. The molecule has 1 N–H and O–H groups in total. The molecule has 2 rings (SSSR count). The minimum absolute atomic E-state index is 0.0160. The first-order chi connectivity index (χ1) is 11.4. The van der Waals surface area contributed by atoms with Crippen LogP contribution in [0.15, 0.2) is 36.4 Å². The number of hydrogen-bond donors (Lipinski definition) is 1. The number of aryl methyl sites for hydroxylation is 3. The molecule has 0 saturated carbocycles. The topological polar surface area (TPSA) is 38.3 Å². The third kappa shape index (κ3) is 4.75. The van der Waals surface area contributed by atoms with Crippen LogP contribution in [-0.2, 0) is 11.2 Å². The van der Waals surface area contributed by atoms with E-state index >= 15 is 0 Å². The van der Waals surface area contributed by atoms with Crippen molar-refractivity contribution in [2.45, 2.75) is 40.2 Å². The van der Waals surface area contributed by atoms with E-state index in [-0.39, 0.29) is 18.6 Å². The minimum atomic E-state index is -0.146. The molecule has 1 atom stereocenters. The predicted octanol–water partition coefficient (Wildman–Crippen LogP) is 4.78. The van der Waals surface area contributed by atoms with Crippen molar-refractivity contribution in [1.29, 1.82) is 0 Å². The van der Waals surface area contributed by atoms with E-state index in [0.29, 0.717) is 5.75 Å². The quantitative estimate of drug-likeness (QED) is 0.818. The molecule has 0 aliphatic rings. The zero-order chi connectivity index (χ0) is 17.7. The molecule has 24 heavy (non-hydrogen) atoms. The number of nitrogens with one attached hydrogen (secondary N) is 1. The second-order valence-electron chi connectivity index (χ2n) is 6.04. The molecule has 0 unspecified atom stereocenters. The van der Waals surface area contributed by atoms with Gasteiger partial charge in [-0.15, -0.1) is 0 Å². The normalized spacial score (nSPS) is 11.9. The largest absolute Gasteiger partial charge is 0.484 e. The van der Waals surface area contributed by atoms with Crippen molar-refractivity contribution in [3.05, 3.63) is 63.7 Å². The fourth-order valence-corrected chi connectivity index (χ4v) is 2.66. The predicted molar refractivity (Wildman–Crippen MR) is 98.8 cm³/mol. The molecule has 0 radical (unpaired) electrons. The highest BCUT2D eigenvalue weighted by Crippen LogP contribution is 2.25. The van der Waals surface area contributed by atoms with Gasteiger partial charge in [0.25, 0.3) is 5.91 Å². The summed E-state index contributed by atoms with van der Waals surface area (Å²) in [6.07, 6.45) is 1.01. The lowest BCUT2D eigenvalue weighted by molar-refractivity contribution is -0.123. The first kappa shape index (κ1) is 18.3. The second-order valence-corrected chi connectivity index (χ2v) is 6.42. The fraction of sp³-hybridized carbons (Fsp3) is 0.350. The summed E-state index contributed by atoms with van der Waals surface area (Å²) in [5.74, 6) is 0.511. The van der Waals surface area contributed by atoms with Crippen molar-refractivity contribution >= 4 is 17.5 Å². The van der Waals surface area contributed by atoms with Crippen LogP contribution in [0.1, 0.15) is 42.1 Å². The summed E-state index contributed by atoms with van der Waals surface area (Å²) >= 11 is 6.14. The van der Waals surface area contributed by atoms with E-state index < -0.39 is 0 Å². The lowest BCUT2D eigenvalue weighted by Gasteiger charge is -2.15. The van der Waals surface area contributed by atoms with E-state index in [1.54, 1.807) is 0 Å². The molecule has 1 amide bonds. The standard InChI is InChI=1S/C20H24ClNO2/c1-5-16-6-8-17(9-7-16)15(4)22-19(23)12-24-18-10-13(2)20(21)14(3)11-18/h6-11,15H,5,12H2,1-4H3,(H,22,23)/t15-/m1/s1. The highest BCUT2D eigenvalue weighted by atomic mass is 35.5. The molecular formula is C20H24ClNO2. The summed E-state index contributed by atoms with van der Waals surface area (Å²) in [6, 6.07) is 11.9. The first-order valence-electron chi connectivity index (χ1n) is 8.18. The Balaban J connectivity index is 1.90. The third-order valence-electron chi connectivity index (χ3n) is 4.05. The van der Waals surface area contributed by atoms with E-state index in [4.69, 9.17) is 16.3 Å². The Hall–Kier alpha value is -2.00. The minimum Gasteiger partial charge on any atom is -0.484 e. The molecule has 128 valence electrons. The SMILES string of the molecule is CCc1ccc([C@@H](C)NC(=O)COc2cc(C)c(Cl)c(C)c2)cc1. The molecule has 0 aromatic heterocycles. The van der Waals surface area contributed by atoms with Gasteiger partial charge in [0, 0.05) is 5.02 Å². The maximum atomic E-state index is 12.1. The van der Waals surface area contributed by atoms with Gasteiger partial charge < -0.3 is 10.1 Å². The Morgan fingerprint density at radius 1 is 1.17 bits per heavy atom. The molecule has 3 nitrogen and oxygen atoms in total. The van der Waals surface area contributed by atoms with Gasteiger partial charge in [-0.3, -0.25) is 4.79 Å². The average molecular weight is 346 g/mol. The van der Waals surface area contributed by atoms with Crippen LogP contribution in [0, 0.1) is 13.8 Å². The van der Waals surface area contributed by atoms with Crippen LogP contribution in [-0.4, -0.2) is 12.5 Å². The molecule has 0 aliphatic carbocycles. The number of halogens is 1. The lowest BCUT2D eigenvalue weighted by Crippen LogP contribution is -2.31. The van der Waals surface area contributed by atoms with Gasteiger partial charge in [0.2, 0.25) is 0 Å². The maximum absolute atomic E-state index is 12.1. The van der Waals surface area contributed by atoms with Crippen molar-refractivity contribution in [1.82, 2.24) is 5.32 Å². The first-order valence-corrected chi connectivity index (χ1v) is 8.56. The van der Waals surface area contributed by atoms with Crippen molar-refractivity contribution < 1.29 is 9.53 Å². The zero-order valence-corrected chi connectivity index (χ0v) is 15.4. The summed E-state index contributed by atoms with van der Waals surface area (Å²) in [5, 5.41) is 3.69. The van der Waals surface area contributed by atoms with Gasteiger partial charge in [0.15, 0.2) is 6.61 Å². The highest BCUT2D eigenvalue weighted by Gasteiger charge is 2.11. The van der Waals surface area contributed by atoms with Gasteiger partial charge in [-0.05, 0) is 61.6 Å². The van der Waals surface area contributed by atoms with Gasteiger partial charge in [0.05, 0.1) is 6.04 Å². The van der Waals surface area contributed by atoms with E-state index in [1.165, 1.54) is 5.56 Å². The average Bonchev–Trinajstić information content (AvgIpc) is 2.57. The molecule has 2 aromatic rings. The monoisotopic (exact) mass is 345 g/mol. The summed E-state index contributed by atoms with van der Waals surface area (Å²) in [5.41, 5.74) is 4.25. The molecule has 0 fully saturated rings. The molecule has 0 spiro atoms. The van der Waals surface area contributed by atoms with Crippen molar-refractivity contribution in [3.63, 3.8) is 0 Å². The molecule has 2 aromatic carbocycles. The number of carbonyl (C=O) groups is 1. The van der Waals surface area contributed by atoms with E-state index in [2.05, 4.69) is 36.5 Å². The van der Waals surface area contributed by atoms with Crippen LogP contribution in [0.5, 0.6) is 5.75 Å². The van der Waals surface area contributed by atoms with Crippen molar-refractivity contribution in [2.24, 2.45) is 0 Å². The maximum Gasteiger partial charge on any atom is 0.258 e. The summed E-state index contributed by atoms with van der Waals surface area (Å²) in [4.78, 5) is 12.1. The van der Waals surface area contributed by atoms with Crippen LogP contribution in [0.25, 0.3) is 0 Å². The van der Waals surface area contributed by atoms with E-state index in [9.17, 15) is 4.79 Å². The Morgan fingerprint density at radius 3 is 2.29 bits per heavy atom. The molecule has 0 saturated heterocycles. The van der Waals surface area contributed by atoms with Crippen LogP contribution in [0.2, 0.25) is 5.02 Å². The van der Waals surface area contributed by atoms with Gasteiger partial charge in [0.1, 0.15) is 5.75 Å². The molecule has 0 bridgehead atoms. The summed E-state index contributed by atoms with van der Waals surface area (Å²) in [6.45, 7) is 7.92.